The number of hydrogen-bond acceptors (Lipinski definition) is 5. The molecule has 140 valence electrons. The summed E-state index contributed by atoms with van der Waals surface area (Å²) in [6.45, 7) is 4.32. The number of nitrogens with one attached hydrogen (secondary N) is 1. The molecule has 0 unspecified atom stereocenters. The van der Waals surface area contributed by atoms with Gasteiger partial charge < -0.3 is 15.8 Å². The molecule has 0 spiro atoms. The summed E-state index contributed by atoms with van der Waals surface area (Å²) in [5, 5.41) is 3.24. The van der Waals surface area contributed by atoms with Gasteiger partial charge in [0.1, 0.15) is 17.8 Å². The Kier molecular flexibility index (Phi) is 6.26. The van der Waals surface area contributed by atoms with Gasteiger partial charge in [-0.3, -0.25) is 0 Å². The van der Waals surface area contributed by atoms with Crippen molar-refractivity contribution in [1.29, 1.82) is 0 Å². The van der Waals surface area contributed by atoms with Gasteiger partial charge in [-0.1, -0.05) is 44.5 Å². The lowest BCUT2D eigenvalue weighted by Gasteiger charge is -2.12. The van der Waals surface area contributed by atoms with Gasteiger partial charge in [-0.25, -0.2) is 4.98 Å². The van der Waals surface area contributed by atoms with Crippen LogP contribution < -0.4 is 15.8 Å². The lowest BCUT2D eigenvalue weighted by atomic mass is 10.1. The highest BCUT2D eigenvalue weighted by Crippen LogP contribution is 2.31. The summed E-state index contributed by atoms with van der Waals surface area (Å²) in [7, 11) is 0. The van der Waals surface area contributed by atoms with Crippen LogP contribution in [0.3, 0.4) is 0 Å². The molecule has 0 amide bonds. The zero-order chi connectivity index (χ0) is 19.1. The van der Waals surface area contributed by atoms with E-state index in [0.717, 1.165) is 18.5 Å². The highest BCUT2D eigenvalue weighted by molar-refractivity contribution is 5.72. The first-order valence-electron chi connectivity index (χ1n) is 9.42. The van der Waals surface area contributed by atoms with Gasteiger partial charge in [-0.05, 0) is 54.7 Å². The molecule has 0 saturated carbocycles. The Balaban J connectivity index is 1.72. The van der Waals surface area contributed by atoms with E-state index < -0.39 is 0 Å². The van der Waals surface area contributed by atoms with Crippen molar-refractivity contribution >= 4 is 17.2 Å². The standard InChI is InChI=1S/C22H26N4O/c1-3-5-6-17-7-11-18(12-8-17)26-21-20(23)22(25-15-24-21)27-19-13-9-16(4-2)10-14-19/h7-15H,3-6,23H2,1-2H3,(H,24,25,26). The maximum absolute atomic E-state index is 6.22. The number of aromatic nitrogens is 2. The lowest BCUT2D eigenvalue weighted by molar-refractivity contribution is 0.464. The number of anilines is 3. The average Bonchev–Trinajstić information content (AvgIpc) is 2.71. The van der Waals surface area contributed by atoms with Crippen LogP contribution in [0.5, 0.6) is 11.6 Å². The predicted octanol–water partition coefficient (Wildman–Crippen LogP) is 5.50. The van der Waals surface area contributed by atoms with Crippen LogP contribution in [0.15, 0.2) is 54.9 Å². The second-order valence-corrected chi connectivity index (χ2v) is 6.47. The molecule has 0 bridgehead atoms. The van der Waals surface area contributed by atoms with Gasteiger partial charge in [0, 0.05) is 5.69 Å². The Hall–Kier alpha value is -3.08. The van der Waals surface area contributed by atoms with E-state index in [1.165, 1.54) is 30.3 Å². The number of ether oxygens (including phenoxy) is 1. The fourth-order valence-corrected chi connectivity index (χ4v) is 2.74. The van der Waals surface area contributed by atoms with Crippen LogP contribution in [0.25, 0.3) is 0 Å². The van der Waals surface area contributed by atoms with Crippen LogP contribution in [0, 0.1) is 0 Å². The van der Waals surface area contributed by atoms with Gasteiger partial charge >= 0.3 is 0 Å². The third kappa shape index (κ3) is 4.97. The van der Waals surface area contributed by atoms with E-state index in [9.17, 15) is 0 Å². The van der Waals surface area contributed by atoms with Crippen molar-refractivity contribution in [2.45, 2.75) is 39.5 Å². The number of nitrogens with zero attached hydrogens (tertiary/aromatic N) is 2. The fraction of sp³-hybridized carbons (Fsp3) is 0.273. The van der Waals surface area contributed by atoms with Crippen LogP contribution in [0.2, 0.25) is 0 Å². The molecule has 3 N–H and O–H groups in total. The third-order valence-corrected chi connectivity index (χ3v) is 4.43. The molecule has 0 aliphatic heterocycles. The summed E-state index contributed by atoms with van der Waals surface area (Å²) in [6, 6.07) is 16.2. The average molecular weight is 362 g/mol. The minimum Gasteiger partial charge on any atom is -0.437 e. The molecule has 0 saturated heterocycles. The zero-order valence-corrected chi connectivity index (χ0v) is 15.9. The first-order valence-corrected chi connectivity index (χ1v) is 9.42. The molecule has 1 aromatic heterocycles. The molecule has 5 nitrogen and oxygen atoms in total. The first-order chi connectivity index (χ1) is 13.2. The Labute approximate surface area is 160 Å². The van der Waals surface area contributed by atoms with Crippen molar-refractivity contribution in [3.63, 3.8) is 0 Å². The highest BCUT2D eigenvalue weighted by Gasteiger charge is 2.11. The van der Waals surface area contributed by atoms with E-state index in [4.69, 9.17) is 10.5 Å². The monoisotopic (exact) mass is 362 g/mol. The van der Waals surface area contributed by atoms with Gasteiger partial charge in [-0.15, -0.1) is 0 Å². The molecule has 0 radical (unpaired) electrons. The van der Waals surface area contributed by atoms with Crippen molar-refractivity contribution in [2.75, 3.05) is 11.1 Å². The largest absolute Gasteiger partial charge is 0.437 e. The van der Waals surface area contributed by atoms with Crippen LogP contribution >= 0.6 is 0 Å². The number of unbranched alkanes of at least 4 members (excludes halogenated alkanes) is 1. The Bertz CT molecular complexity index is 860. The summed E-state index contributed by atoms with van der Waals surface area (Å²) >= 11 is 0. The van der Waals surface area contributed by atoms with Gasteiger partial charge in [0.2, 0.25) is 5.88 Å². The number of benzene rings is 2. The molecule has 0 atom stereocenters. The molecular formula is C22H26N4O. The lowest BCUT2D eigenvalue weighted by Crippen LogP contribution is -2.03. The van der Waals surface area contributed by atoms with Gasteiger partial charge in [0.25, 0.3) is 0 Å². The van der Waals surface area contributed by atoms with E-state index in [-0.39, 0.29) is 0 Å². The van der Waals surface area contributed by atoms with E-state index >= 15 is 0 Å². The van der Waals surface area contributed by atoms with E-state index in [1.54, 1.807) is 0 Å². The Morgan fingerprint density at radius 3 is 2.30 bits per heavy atom. The normalized spacial score (nSPS) is 10.6. The third-order valence-electron chi connectivity index (χ3n) is 4.43. The molecule has 1 heterocycles. The van der Waals surface area contributed by atoms with E-state index in [2.05, 4.69) is 41.3 Å². The molecule has 3 aromatic rings. The second kappa shape index (κ2) is 9.03. The molecule has 0 fully saturated rings. The smallest absolute Gasteiger partial charge is 0.248 e. The summed E-state index contributed by atoms with van der Waals surface area (Å²) in [5.41, 5.74) is 10.1. The fourth-order valence-electron chi connectivity index (χ4n) is 2.74. The SMILES string of the molecule is CCCCc1ccc(Nc2ncnc(Oc3ccc(CC)cc3)c2N)cc1. The Morgan fingerprint density at radius 1 is 0.926 bits per heavy atom. The quantitative estimate of drug-likeness (QED) is 0.553. The number of nitrogens with two attached hydrogens (primary N) is 1. The van der Waals surface area contributed by atoms with Gasteiger partial charge in [0.05, 0.1) is 0 Å². The summed E-state index contributed by atoms with van der Waals surface area (Å²) < 4.78 is 5.83. The first kappa shape index (κ1) is 18.7. The van der Waals surface area contributed by atoms with Crippen LogP contribution in [0.1, 0.15) is 37.8 Å². The van der Waals surface area contributed by atoms with Crippen molar-refractivity contribution in [3.8, 4) is 11.6 Å². The minimum absolute atomic E-state index is 0.344. The minimum atomic E-state index is 0.344. The predicted molar refractivity (Wildman–Crippen MR) is 111 cm³/mol. The van der Waals surface area contributed by atoms with E-state index in [0.29, 0.717) is 23.1 Å². The maximum atomic E-state index is 6.22. The molecule has 0 aliphatic carbocycles. The van der Waals surface area contributed by atoms with Crippen molar-refractivity contribution in [1.82, 2.24) is 9.97 Å². The highest BCUT2D eigenvalue weighted by atomic mass is 16.5. The molecule has 3 rings (SSSR count). The van der Waals surface area contributed by atoms with Crippen LogP contribution in [-0.2, 0) is 12.8 Å². The van der Waals surface area contributed by atoms with Crippen molar-refractivity contribution in [3.05, 3.63) is 66.0 Å². The molecule has 27 heavy (non-hydrogen) atoms. The number of aryl methyl sites for hydroxylation is 2. The second-order valence-electron chi connectivity index (χ2n) is 6.47. The molecule has 2 aromatic carbocycles. The zero-order valence-electron chi connectivity index (χ0n) is 15.9. The molecule has 5 heteroatoms. The van der Waals surface area contributed by atoms with Crippen molar-refractivity contribution in [2.24, 2.45) is 0 Å². The van der Waals surface area contributed by atoms with E-state index in [1.807, 2.05) is 36.4 Å². The van der Waals surface area contributed by atoms with Gasteiger partial charge in [0.15, 0.2) is 5.82 Å². The summed E-state index contributed by atoms with van der Waals surface area (Å²) in [6.07, 6.45) is 5.93. The van der Waals surface area contributed by atoms with Crippen molar-refractivity contribution < 1.29 is 4.74 Å². The number of nitrogen functional groups attached to an aromatic ring is 1. The number of hydrogen-bond donors (Lipinski definition) is 2. The summed E-state index contributed by atoms with van der Waals surface area (Å²) in [5.74, 6) is 1.58. The summed E-state index contributed by atoms with van der Waals surface area (Å²) in [4.78, 5) is 8.42. The number of rotatable bonds is 8. The molecular weight excluding hydrogens is 336 g/mol. The maximum Gasteiger partial charge on any atom is 0.248 e. The van der Waals surface area contributed by atoms with Crippen LogP contribution in [0.4, 0.5) is 17.2 Å². The van der Waals surface area contributed by atoms with Gasteiger partial charge in [-0.2, -0.15) is 4.98 Å². The Morgan fingerprint density at radius 2 is 1.63 bits per heavy atom. The van der Waals surface area contributed by atoms with Crippen LogP contribution in [-0.4, -0.2) is 9.97 Å². The molecule has 0 aliphatic rings. The topological polar surface area (TPSA) is 73.1 Å².